The van der Waals surface area contributed by atoms with Gasteiger partial charge in [-0.3, -0.25) is 14.9 Å². The fourth-order valence-electron chi connectivity index (χ4n) is 3.36. The van der Waals surface area contributed by atoms with Crippen molar-refractivity contribution in [2.24, 2.45) is 0 Å². The van der Waals surface area contributed by atoms with Gasteiger partial charge in [-0.25, -0.2) is 0 Å². The molecule has 0 saturated carbocycles. The highest BCUT2D eigenvalue weighted by atomic mass is 19.3. The Labute approximate surface area is 149 Å². The quantitative estimate of drug-likeness (QED) is 0.602. The monoisotopic (exact) mass is 369 g/mol. The van der Waals surface area contributed by atoms with Crippen LogP contribution in [0.5, 0.6) is 0 Å². The Morgan fingerprint density at radius 3 is 2.38 bits per heavy atom. The maximum absolute atomic E-state index is 14.7. The van der Waals surface area contributed by atoms with Gasteiger partial charge in [0, 0.05) is 37.8 Å². The number of anilines is 1. The number of carbonyl (C=O) groups excluding carboxylic acids is 1. The summed E-state index contributed by atoms with van der Waals surface area (Å²) in [5.74, 6) is -5.16. The number of morpholine rings is 1. The molecular weight excluding hydrogens is 348 g/mol. The van der Waals surface area contributed by atoms with Crippen LogP contribution in [0.15, 0.2) is 18.2 Å². The molecule has 0 atom stereocenters. The zero-order chi connectivity index (χ0) is 18.7. The summed E-state index contributed by atoms with van der Waals surface area (Å²) >= 11 is 0. The molecule has 1 aromatic carbocycles. The summed E-state index contributed by atoms with van der Waals surface area (Å²) < 4.78 is 34.4. The largest absolute Gasteiger partial charge is 0.378 e. The van der Waals surface area contributed by atoms with Gasteiger partial charge in [-0.15, -0.1) is 0 Å². The number of alkyl halides is 2. The Morgan fingerprint density at radius 1 is 1.12 bits per heavy atom. The first-order valence-electron chi connectivity index (χ1n) is 8.70. The lowest BCUT2D eigenvalue weighted by atomic mass is 10.0. The van der Waals surface area contributed by atoms with Gasteiger partial charge in [0.25, 0.3) is 11.6 Å². The van der Waals surface area contributed by atoms with Crippen molar-refractivity contribution in [1.82, 2.24) is 4.90 Å². The third-order valence-corrected chi connectivity index (χ3v) is 4.80. The summed E-state index contributed by atoms with van der Waals surface area (Å²) in [6.45, 7) is 1.89. The van der Waals surface area contributed by atoms with Crippen LogP contribution in [0.2, 0.25) is 0 Å². The lowest BCUT2D eigenvalue weighted by molar-refractivity contribution is -0.384. The van der Waals surface area contributed by atoms with Gasteiger partial charge >= 0.3 is 5.92 Å². The standard InChI is InChI=1S/C17H21F2N3O4/c18-17(19,16(23)21-8-10-26-11-9-21)13-4-5-14(15(12-13)22(24)25)20-6-2-1-3-7-20/h4-5,12H,1-3,6-11H2. The van der Waals surface area contributed by atoms with Crippen LogP contribution in [0.4, 0.5) is 20.2 Å². The molecule has 2 saturated heterocycles. The van der Waals surface area contributed by atoms with Gasteiger partial charge in [-0.2, -0.15) is 8.78 Å². The van der Waals surface area contributed by atoms with Crippen LogP contribution in [0.3, 0.4) is 0 Å². The molecule has 26 heavy (non-hydrogen) atoms. The molecular formula is C17H21F2N3O4. The zero-order valence-electron chi connectivity index (χ0n) is 14.3. The number of nitrogens with zero attached hydrogens (tertiary/aromatic N) is 3. The second kappa shape index (κ2) is 7.53. The van der Waals surface area contributed by atoms with E-state index in [4.69, 9.17) is 4.74 Å². The Hall–Kier alpha value is -2.29. The molecule has 2 heterocycles. The molecule has 0 bridgehead atoms. The molecule has 3 rings (SSSR count). The third-order valence-electron chi connectivity index (χ3n) is 4.80. The van der Waals surface area contributed by atoms with Crippen molar-refractivity contribution in [2.75, 3.05) is 44.3 Å². The third kappa shape index (κ3) is 3.62. The molecule has 1 aromatic rings. The van der Waals surface area contributed by atoms with Crippen LogP contribution >= 0.6 is 0 Å². The van der Waals surface area contributed by atoms with E-state index in [1.807, 2.05) is 4.90 Å². The van der Waals surface area contributed by atoms with E-state index in [0.717, 1.165) is 36.3 Å². The van der Waals surface area contributed by atoms with E-state index < -0.39 is 22.3 Å². The van der Waals surface area contributed by atoms with Crippen LogP contribution in [-0.2, 0) is 15.5 Å². The van der Waals surface area contributed by atoms with Crippen molar-refractivity contribution in [1.29, 1.82) is 0 Å². The van der Waals surface area contributed by atoms with Crippen LogP contribution < -0.4 is 4.90 Å². The van der Waals surface area contributed by atoms with E-state index in [0.29, 0.717) is 18.8 Å². The molecule has 0 aliphatic carbocycles. The van der Waals surface area contributed by atoms with E-state index in [-0.39, 0.29) is 32.0 Å². The molecule has 0 unspecified atom stereocenters. The Balaban J connectivity index is 1.90. The molecule has 7 nitrogen and oxygen atoms in total. The van der Waals surface area contributed by atoms with Crippen LogP contribution in [0.1, 0.15) is 24.8 Å². The summed E-state index contributed by atoms with van der Waals surface area (Å²) in [6.07, 6.45) is 2.86. The second-order valence-corrected chi connectivity index (χ2v) is 6.49. The van der Waals surface area contributed by atoms with Gasteiger partial charge in [0.15, 0.2) is 0 Å². The van der Waals surface area contributed by atoms with Crippen molar-refractivity contribution in [2.45, 2.75) is 25.2 Å². The number of carbonyl (C=O) groups is 1. The first-order chi connectivity index (χ1) is 12.4. The smallest absolute Gasteiger partial charge is 0.350 e. The van der Waals surface area contributed by atoms with Gasteiger partial charge in [0.05, 0.1) is 18.1 Å². The predicted molar refractivity (Wildman–Crippen MR) is 90.5 cm³/mol. The van der Waals surface area contributed by atoms with E-state index in [9.17, 15) is 23.7 Å². The lowest BCUT2D eigenvalue weighted by Crippen LogP contribution is -2.47. The number of amides is 1. The Bertz CT molecular complexity index is 687. The second-order valence-electron chi connectivity index (χ2n) is 6.49. The van der Waals surface area contributed by atoms with Crippen LogP contribution in [0, 0.1) is 10.1 Å². The highest BCUT2D eigenvalue weighted by molar-refractivity contribution is 5.85. The number of piperidine rings is 1. The highest BCUT2D eigenvalue weighted by Crippen LogP contribution is 2.37. The number of rotatable bonds is 4. The first kappa shape index (κ1) is 18.5. The van der Waals surface area contributed by atoms with Crippen molar-refractivity contribution in [3.8, 4) is 0 Å². The lowest BCUT2D eigenvalue weighted by Gasteiger charge is -2.31. The van der Waals surface area contributed by atoms with Crippen LogP contribution in [0.25, 0.3) is 0 Å². The summed E-state index contributed by atoms with van der Waals surface area (Å²) in [7, 11) is 0. The number of ether oxygens (including phenoxy) is 1. The normalized spacial score (nSPS) is 18.7. The van der Waals surface area contributed by atoms with E-state index in [1.165, 1.54) is 6.07 Å². The average Bonchev–Trinajstić information content (AvgIpc) is 2.68. The molecule has 142 valence electrons. The van der Waals surface area contributed by atoms with Gasteiger partial charge in [0.2, 0.25) is 0 Å². The van der Waals surface area contributed by atoms with E-state index >= 15 is 0 Å². The first-order valence-corrected chi connectivity index (χ1v) is 8.70. The molecule has 0 aromatic heterocycles. The molecule has 0 radical (unpaired) electrons. The van der Waals surface area contributed by atoms with Gasteiger partial charge in [-0.05, 0) is 31.4 Å². The molecule has 2 aliphatic rings. The SMILES string of the molecule is O=C(N1CCOCC1)C(F)(F)c1ccc(N2CCCCC2)c([N+](=O)[O-])c1. The minimum atomic E-state index is -3.82. The number of nitro benzene ring substituents is 1. The van der Waals surface area contributed by atoms with E-state index in [1.54, 1.807) is 0 Å². The van der Waals surface area contributed by atoms with Gasteiger partial charge in [0.1, 0.15) is 5.69 Å². The van der Waals surface area contributed by atoms with Crippen LogP contribution in [-0.4, -0.2) is 55.1 Å². The Morgan fingerprint density at radius 2 is 1.77 bits per heavy atom. The fraction of sp³-hybridized carbons (Fsp3) is 0.588. The maximum Gasteiger partial charge on any atom is 0.350 e. The highest BCUT2D eigenvalue weighted by Gasteiger charge is 2.45. The average molecular weight is 369 g/mol. The number of hydrogen-bond donors (Lipinski definition) is 0. The molecule has 2 fully saturated rings. The molecule has 0 spiro atoms. The molecule has 9 heteroatoms. The summed E-state index contributed by atoms with van der Waals surface area (Å²) in [4.78, 5) is 25.9. The van der Waals surface area contributed by atoms with E-state index in [2.05, 4.69) is 0 Å². The zero-order valence-corrected chi connectivity index (χ0v) is 14.3. The summed E-state index contributed by atoms with van der Waals surface area (Å²) in [6, 6.07) is 3.29. The van der Waals surface area contributed by atoms with Crippen molar-refractivity contribution in [3.63, 3.8) is 0 Å². The Kier molecular flexibility index (Phi) is 5.36. The maximum atomic E-state index is 14.7. The number of hydrogen-bond acceptors (Lipinski definition) is 5. The number of nitro groups is 1. The molecule has 1 amide bonds. The topological polar surface area (TPSA) is 75.9 Å². The molecule has 0 N–H and O–H groups in total. The van der Waals surface area contributed by atoms with Crippen molar-refractivity contribution < 1.29 is 23.2 Å². The summed E-state index contributed by atoms with van der Waals surface area (Å²) in [5.41, 5.74) is -0.714. The van der Waals surface area contributed by atoms with Crippen molar-refractivity contribution >= 4 is 17.3 Å². The minimum absolute atomic E-state index is 0.0857. The van der Waals surface area contributed by atoms with Gasteiger partial charge in [-0.1, -0.05) is 0 Å². The number of benzene rings is 1. The number of halogens is 2. The predicted octanol–water partition coefficient (Wildman–Crippen LogP) is 2.54. The molecule has 2 aliphatic heterocycles. The minimum Gasteiger partial charge on any atom is -0.378 e. The van der Waals surface area contributed by atoms with Crippen molar-refractivity contribution in [3.05, 3.63) is 33.9 Å². The summed E-state index contributed by atoms with van der Waals surface area (Å²) in [5, 5.41) is 11.4. The van der Waals surface area contributed by atoms with Gasteiger partial charge < -0.3 is 14.5 Å². The fourth-order valence-corrected chi connectivity index (χ4v) is 3.36.